The van der Waals surface area contributed by atoms with Gasteiger partial charge in [0.25, 0.3) is 0 Å². The summed E-state index contributed by atoms with van der Waals surface area (Å²) >= 11 is 0. The molecule has 1 amide bonds. The summed E-state index contributed by atoms with van der Waals surface area (Å²) in [6, 6.07) is 0. The topological polar surface area (TPSA) is 59.6 Å². The highest BCUT2D eigenvalue weighted by molar-refractivity contribution is 5.67. The lowest BCUT2D eigenvalue weighted by Crippen LogP contribution is -2.36. The average Bonchev–Trinajstić information content (AvgIpc) is 2.32. The molecule has 0 fully saturated rings. The summed E-state index contributed by atoms with van der Waals surface area (Å²) in [6.45, 7) is 15.2. The summed E-state index contributed by atoms with van der Waals surface area (Å²) in [5.74, 6) is 0. The van der Waals surface area contributed by atoms with Crippen molar-refractivity contribution in [1.82, 2.24) is 10.6 Å². The molecule has 0 saturated carbocycles. The van der Waals surface area contributed by atoms with Crippen molar-refractivity contribution in [2.45, 2.75) is 78.4 Å². The van der Waals surface area contributed by atoms with Gasteiger partial charge in [-0.25, -0.2) is 4.79 Å². The van der Waals surface area contributed by atoms with E-state index in [-0.39, 0.29) is 11.6 Å². The van der Waals surface area contributed by atoms with Crippen molar-refractivity contribution in [3.05, 3.63) is 0 Å². The number of hydrogen-bond acceptors (Lipinski definition) is 4. The van der Waals surface area contributed by atoms with Gasteiger partial charge in [0.05, 0.1) is 0 Å². The third kappa shape index (κ3) is 17.2. The van der Waals surface area contributed by atoms with Gasteiger partial charge < -0.3 is 20.1 Å². The van der Waals surface area contributed by atoms with Crippen molar-refractivity contribution in [2.75, 3.05) is 26.3 Å². The Morgan fingerprint density at radius 3 is 2.09 bits per heavy atom. The summed E-state index contributed by atoms with van der Waals surface area (Å²) in [6.07, 6.45) is 3.90. The second-order valence-corrected chi connectivity index (χ2v) is 7.63. The van der Waals surface area contributed by atoms with E-state index in [4.69, 9.17) is 9.47 Å². The van der Waals surface area contributed by atoms with Crippen LogP contribution in [0.4, 0.5) is 4.79 Å². The monoisotopic (exact) mass is 316 g/mol. The molecule has 5 heteroatoms. The second-order valence-electron chi connectivity index (χ2n) is 7.63. The largest absolute Gasteiger partial charge is 0.444 e. The highest BCUT2D eigenvalue weighted by Crippen LogP contribution is 2.06. The summed E-state index contributed by atoms with van der Waals surface area (Å²) in [5, 5.41) is 6.20. The first-order valence-corrected chi connectivity index (χ1v) is 8.40. The fraction of sp³-hybridized carbons (Fsp3) is 0.941. The fourth-order valence-corrected chi connectivity index (χ4v) is 1.75. The molecule has 0 spiro atoms. The van der Waals surface area contributed by atoms with Gasteiger partial charge in [0.15, 0.2) is 0 Å². The Balaban J connectivity index is 3.26. The van der Waals surface area contributed by atoms with Crippen LogP contribution in [0, 0.1) is 0 Å². The molecule has 0 aromatic carbocycles. The highest BCUT2D eigenvalue weighted by atomic mass is 16.6. The summed E-state index contributed by atoms with van der Waals surface area (Å²) < 4.78 is 10.7. The Morgan fingerprint density at radius 2 is 1.50 bits per heavy atom. The number of carbonyl (C=O) groups is 1. The molecule has 0 aliphatic heterocycles. The maximum absolute atomic E-state index is 11.4. The lowest BCUT2D eigenvalue weighted by molar-refractivity contribution is 0.0519. The predicted molar refractivity (Wildman–Crippen MR) is 91.3 cm³/mol. The molecule has 0 unspecified atom stereocenters. The number of carbonyl (C=O) groups excluding carboxylic acids is 1. The third-order valence-electron chi connectivity index (χ3n) is 2.75. The summed E-state index contributed by atoms with van der Waals surface area (Å²) in [5.41, 5.74) is -0.236. The smallest absolute Gasteiger partial charge is 0.407 e. The first kappa shape index (κ1) is 21.2. The van der Waals surface area contributed by atoms with E-state index in [0.29, 0.717) is 13.2 Å². The molecule has 0 atom stereocenters. The van der Waals surface area contributed by atoms with Gasteiger partial charge in [-0.15, -0.1) is 0 Å². The van der Waals surface area contributed by atoms with Crippen LogP contribution in [0.5, 0.6) is 0 Å². The van der Waals surface area contributed by atoms with Crippen molar-refractivity contribution < 1.29 is 14.3 Å². The van der Waals surface area contributed by atoms with Gasteiger partial charge in [0.2, 0.25) is 0 Å². The predicted octanol–water partition coefficient (Wildman–Crippen LogP) is 3.48. The zero-order chi connectivity index (χ0) is 17.1. The standard InChI is InChI=1S/C17H36N2O3/c1-16(2,3)19-12-8-7-9-13-21-14-10-11-18-15(20)22-17(4,5)6/h19H,7-14H2,1-6H3,(H,18,20). The minimum Gasteiger partial charge on any atom is -0.444 e. The van der Waals surface area contributed by atoms with Crippen LogP contribution in [0.25, 0.3) is 0 Å². The van der Waals surface area contributed by atoms with E-state index in [1.807, 2.05) is 20.8 Å². The molecule has 5 nitrogen and oxygen atoms in total. The minimum atomic E-state index is -0.442. The Labute approximate surface area is 136 Å². The van der Waals surface area contributed by atoms with Crippen LogP contribution in [0.1, 0.15) is 67.2 Å². The Bertz CT molecular complexity index is 293. The highest BCUT2D eigenvalue weighted by Gasteiger charge is 2.15. The molecule has 0 saturated heterocycles. The lowest BCUT2D eigenvalue weighted by Gasteiger charge is -2.20. The Morgan fingerprint density at radius 1 is 0.864 bits per heavy atom. The van der Waals surface area contributed by atoms with Crippen molar-refractivity contribution in [1.29, 1.82) is 0 Å². The van der Waals surface area contributed by atoms with Gasteiger partial charge in [-0.05, 0) is 73.8 Å². The first-order valence-electron chi connectivity index (χ1n) is 8.40. The zero-order valence-electron chi connectivity index (χ0n) is 15.4. The van der Waals surface area contributed by atoms with Crippen molar-refractivity contribution in [3.8, 4) is 0 Å². The van der Waals surface area contributed by atoms with Crippen molar-refractivity contribution in [2.24, 2.45) is 0 Å². The molecule has 0 aromatic heterocycles. The number of ether oxygens (including phenoxy) is 2. The van der Waals surface area contributed by atoms with Gasteiger partial charge >= 0.3 is 6.09 Å². The van der Waals surface area contributed by atoms with Crippen LogP contribution < -0.4 is 10.6 Å². The van der Waals surface area contributed by atoms with Gasteiger partial charge in [-0.1, -0.05) is 0 Å². The lowest BCUT2D eigenvalue weighted by atomic mass is 10.1. The van der Waals surface area contributed by atoms with Crippen LogP contribution in [0.2, 0.25) is 0 Å². The number of rotatable bonds is 10. The number of hydrogen-bond donors (Lipinski definition) is 2. The molecule has 0 rings (SSSR count). The molecule has 22 heavy (non-hydrogen) atoms. The van der Waals surface area contributed by atoms with Gasteiger partial charge in [0, 0.05) is 25.3 Å². The van der Waals surface area contributed by atoms with Gasteiger partial charge in [-0.2, -0.15) is 0 Å². The summed E-state index contributed by atoms with van der Waals surface area (Å²) in [7, 11) is 0. The van der Waals surface area contributed by atoms with E-state index < -0.39 is 5.60 Å². The Hall–Kier alpha value is -0.810. The van der Waals surface area contributed by atoms with Crippen LogP contribution in [-0.4, -0.2) is 43.5 Å². The first-order chi connectivity index (χ1) is 10.1. The SMILES string of the molecule is CC(C)(C)NCCCCCOCCCNC(=O)OC(C)(C)C. The number of alkyl carbamates (subject to hydrolysis) is 1. The van der Waals surface area contributed by atoms with Gasteiger partial charge in [0.1, 0.15) is 5.60 Å². The third-order valence-corrected chi connectivity index (χ3v) is 2.75. The van der Waals surface area contributed by atoms with E-state index in [1.54, 1.807) is 0 Å². The fourth-order valence-electron chi connectivity index (χ4n) is 1.75. The maximum atomic E-state index is 11.4. The molecule has 0 bridgehead atoms. The minimum absolute atomic E-state index is 0.206. The van der Waals surface area contributed by atoms with E-state index in [2.05, 4.69) is 31.4 Å². The zero-order valence-corrected chi connectivity index (χ0v) is 15.4. The molecular formula is C17H36N2O3. The van der Waals surface area contributed by atoms with Crippen LogP contribution in [0.3, 0.4) is 0 Å². The van der Waals surface area contributed by atoms with E-state index in [0.717, 1.165) is 26.0 Å². The normalized spacial score (nSPS) is 12.3. The molecule has 2 N–H and O–H groups in total. The molecule has 0 aromatic rings. The van der Waals surface area contributed by atoms with E-state index in [9.17, 15) is 4.79 Å². The van der Waals surface area contributed by atoms with Crippen LogP contribution in [0.15, 0.2) is 0 Å². The van der Waals surface area contributed by atoms with Gasteiger partial charge in [-0.3, -0.25) is 0 Å². The van der Waals surface area contributed by atoms with Crippen molar-refractivity contribution >= 4 is 6.09 Å². The number of nitrogens with one attached hydrogen (secondary N) is 2. The quantitative estimate of drug-likeness (QED) is 0.606. The molecule has 0 aliphatic rings. The molecule has 0 aliphatic carbocycles. The Kier molecular flexibility index (Phi) is 10.4. The maximum Gasteiger partial charge on any atom is 0.407 e. The average molecular weight is 316 g/mol. The molecular weight excluding hydrogens is 280 g/mol. The number of unbranched alkanes of at least 4 members (excludes halogenated alkanes) is 2. The van der Waals surface area contributed by atoms with E-state index >= 15 is 0 Å². The molecule has 0 radical (unpaired) electrons. The van der Waals surface area contributed by atoms with Crippen LogP contribution >= 0.6 is 0 Å². The molecule has 0 heterocycles. The van der Waals surface area contributed by atoms with E-state index in [1.165, 1.54) is 12.8 Å². The number of amides is 1. The second kappa shape index (κ2) is 10.8. The van der Waals surface area contributed by atoms with Crippen molar-refractivity contribution in [3.63, 3.8) is 0 Å². The molecule has 132 valence electrons. The summed E-state index contributed by atoms with van der Waals surface area (Å²) in [4.78, 5) is 11.4. The van der Waals surface area contributed by atoms with Crippen LogP contribution in [-0.2, 0) is 9.47 Å².